The molecule has 0 aliphatic heterocycles. The number of aryl methyl sites for hydroxylation is 1. The summed E-state index contributed by atoms with van der Waals surface area (Å²) in [6.07, 6.45) is 0. The summed E-state index contributed by atoms with van der Waals surface area (Å²) in [5, 5.41) is 15.9. The molecule has 106 valence electrons. The Hall–Kier alpha value is -2.69. The van der Waals surface area contributed by atoms with E-state index in [1.54, 1.807) is 4.80 Å². The van der Waals surface area contributed by atoms with Gasteiger partial charge in [-0.2, -0.15) is 4.80 Å². The molecule has 0 aliphatic carbocycles. The van der Waals surface area contributed by atoms with E-state index in [1.165, 1.54) is 5.56 Å². The molecule has 0 radical (unpaired) electrons. The van der Waals surface area contributed by atoms with Gasteiger partial charge >= 0.3 is 0 Å². The van der Waals surface area contributed by atoms with Crippen LogP contribution in [0.15, 0.2) is 54.6 Å². The number of hydrogen-bond acceptors (Lipinski definition) is 4. The van der Waals surface area contributed by atoms with E-state index in [2.05, 4.69) is 39.8 Å². The van der Waals surface area contributed by atoms with Gasteiger partial charge in [-0.15, -0.1) is 10.2 Å². The quantitative estimate of drug-likeness (QED) is 0.780. The second kappa shape index (κ2) is 6.17. The van der Waals surface area contributed by atoms with Crippen molar-refractivity contribution in [2.45, 2.75) is 13.5 Å². The third kappa shape index (κ3) is 3.25. The maximum atomic E-state index is 4.39. The highest BCUT2D eigenvalue weighted by Crippen LogP contribution is 2.13. The van der Waals surface area contributed by atoms with Crippen molar-refractivity contribution in [2.75, 3.05) is 11.9 Å². The van der Waals surface area contributed by atoms with Gasteiger partial charge in [0.2, 0.25) is 5.82 Å². The molecule has 21 heavy (non-hydrogen) atoms. The first-order valence-electron chi connectivity index (χ1n) is 6.96. The zero-order valence-electron chi connectivity index (χ0n) is 11.9. The van der Waals surface area contributed by atoms with E-state index < -0.39 is 0 Å². The standard InChI is InChI=1S/C16H17N5/c1-13-7-5-6-10-15(13)17-11-12-21-19-16(18-20-21)14-8-3-2-4-9-14/h2-10,17H,11-12H2,1H3. The third-order valence-corrected chi connectivity index (χ3v) is 3.26. The monoisotopic (exact) mass is 279 g/mol. The fraction of sp³-hybridized carbons (Fsp3) is 0.188. The molecule has 1 N–H and O–H groups in total. The van der Waals surface area contributed by atoms with Gasteiger partial charge in [0, 0.05) is 17.8 Å². The number of para-hydroxylation sites is 1. The zero-order valence-corrected chi connectivity index (χ0v) is 11.9. The molecule has 0 amide bonds. The molecular weight excluding hydrogens is 262 g/mol. The van der Waals surface area contributed by atoms with Crippen molar-refractivity contribution in [3.63, 3.8) is 0 Å². The Labute approximate surface area is 123 Å². The third-order valence-electron chi connectivity index (χ3n) is 3.26. The maximum Gasteiger partial charge on any atom is 0.204 e. The van der Waals surface area contributed by atoms with Crippen molar-refractivity contribution in [3.8, 4) is 11.4 Å². The summed E-state index contributed by atoms with van der Waals surface area (Å²) >= 11 is 0. The van der Waals surface area contributed by atoms with Crippen LogP contribution in [-0.2, 0) is 6.54 Å². The molecule has 1 heterocycles. The minimum Gasteiger partial charge on any atom is -0.383 e. The van der Waals surface area contributed by atoms with Crippen LogP contribution in [0.3, 0.4) is 0 Å². The number of benzene rings is 2. The topological polar surface area (TPSA) is 55.6 Å². The minimum atomic E-state index is 0.659. The number of hydrogen-bond donors (Lipinski definition) is 1. The number of anilines is 1. The summed E-state index contributed by atoms with van der Waals surface area (Å²) in [7, 11) is 0. The highest BCUT2D eigenvalue weighted by Gasteiger charge is 2.04. The number of tetrazole rings is 1. The Balaban J connectivity index is 1.60. The van der Waals surface area contributed by atoms with Crippen molar-refractivity contribution in [2.24, 2.45) is 0 Å². The van der Waals surface area contributed by atoms with E-state index in [-0.39, 0.29) is 0 Å². The Morgan fingerprint density at radius 2 is 1.76 bits per heavy atom. The average Bonchev–Trinajstić information content (AvgIpc) is 2.99. The van der Waals surface area contributed by atoms with E-state index in [1.807, 2.05) is 42.5 Å². The van der Waals surface area contributed by atoms with Gasteiger partial charge in [-0.1, -0.05) is 48.5 Å². The first-order chi connectivity index (χ1) is 10.3. The van der Waals surface area contributed by atoms with Gasteiger partial charge in [0.05, 0.1) is 6.54 Å². The van der Waals surface area contributed by atoms with Gasteiger partial charge in [0.1, 0.15) is 0 Å². The largest absolute Gasteiger partial charge is 0.383 e. The van der Waals surface area contributed by atoms with E-state index in [4.69, 9.17) is 0 Å². The lowest BCUT2D eigenvalue weighted by molar-refractivity contribution is 0.539. The lowest BCUT2D eigenvalue weighted by atomic mass is 10.2. The minimum absolute atomic E-state index is 0.659. The summed E-state index contributed by atoms with van der Waals surface area (Å²) in [6, 6.07) is 18.1. The van der Waals surface area contributed by atoms with Crippen molar-refractivity contribution >= 4 is 5.69 Å². The molecule has 0 fully saturated rings. The molecule has 3 aromatic rings. The van der Waals surface area contributed by atoms with Gasteiger partial charge in [-0.05, 0) is 23.8 Å². The summed E-state index contributed by atoms with van der Waals surface area (Å²) in [5.41, 5.74) is 3.35. The van der Waals surface area contributed by atoms with Crippen LogP contribution in [0.4, 0.5) is 5.69 Å². The maximum absolute atomic E-state index is 4.39. The van der Waals surface area contributed by atoms with Crippen LogP contribution in [0, 0.1) is 6.92 Å². The Morgan fingerprint density at radius 1 is 1.00 bits per heavy atom. The fourth-order valence-corrected chi connectivity index (χ4v) is 2.10. The summed E-state index contributed by atoms with van der Waals surface area (Å²) in [6.45, 7) is 3.52. The second-order valence-corrected chi connectivity index (χ2v) is 4.82. The van der Waals surface area contributed by atoms with Crippen LogP contribution in [-0.4, -0.2) is 26.8 Å². The SMILES string of the molecule is Cc1ccccc1NCCn1nnc(-c2ccccc2)n1. The van der Waals surface area contributed by atoms with Crippen LogP contribution in [0.25, 0.3) is 11.4 Å². The molecular formula is C16H17N5. The first-order valence-corrected chi connectivity index (χ1v) is 6.96. The van der Waals surface area contributed by atoms with E-state index in [9.17, 15) is 0 Å². The normalized spacial score (nSPS) is 10.5. The van der Waals surface area contributed by atoms with Gasteiger partial charge in [0.25, 0.3) is 0 Å². The molecule has 3 rings (SSSR count). The number of aromatic nitrogens is 4. The number of rotatable bonds is 5. The lowest BCUT2D eigenvalue weighted by Crippen LogP contribution is -2.13. The molecule has 5 heteroatoms. The van der Waals surface area contributed by atoms with Crippen LogP contribution in [0.5, 0.6) is 0 Å². The molecule has 0 spiro atoms. The first kappa shape index (κ1) is 13.3. The highest BCUT2D eigenvalue weighted by atomic mass is 15.6. The van der Waals surface area contributed by atoms with E-state index in [0.717, 1.165) is 17.8 Å². The smallest absolute Gasteiger partial charge is 0.204 e. The number of nitrogens with one attached hydrogen (secondary N) is 1. The zero-order chi connectivity index (χ0) is 14.5. The predicted octanol–water partition coefficient (Wildman–Crippen LogP) is 2.76. The van der Waals surface area contributed by atoms with Crippen LogP contribution >= 0.6 is 0 Å². The van der Waals surface area contributed by atoms with Gasteiger partial charge < -0.3 is 5.32 Å². The van der Waals surface area contributed by atoms with Crippen LogP contribution in [0.1, 0.15) is 5.56 Å². The fourth-order valence-electron chi connectivity index (χ4n) is 2.10. The van der Waals surface area contributed by atoms with Crippen molar-refractivity contribution in [1.82, 2.24) is 20.2 Å². The van der Waals surface area contributed by atoms with Crippen LogP contribution < -0.4 is 5.32 Å². The summed E-state index contributed by atoms with van der Waals surface area (Å²) in [5.74, 6) is 0.659. The van der Waals surface area contributed by atoms with Crippen LogP contribution in [0.2, 0.25) is 0 Å². The molecule has 0 bridgehead atoms. The van der Waals surface area contributed by atoms with Gasteiger partial charge in [0.15, 0.2) is 0 Å². The average molecular weight is 279 g/mol. The van der Waals surface area contributed by atoms with Crippen molar-refractivity contribution < 1.29 is 0 Å². The van der Waals surface area contributed by atoms with E-state index >= 15 is 0 Å². The predicted molar refractivity (Wildman–Crippen MR) is 82.9 cm³/mol. The highest BCUT2D eigenvalue weighted by molar-refractivity contribution is 5.53. The Bertz CT molecular complexity index is 705. The molecule has 0 saturated heterocycles. The van der Waals surface area contributed by atoms with E-state index in [0.29, 0.717) is 12.4 Å². The molecule has 0 atom stereocenters. The molecule has 2 aromatic carbocycles. The molecule has 0 saturated carbocycles. The van der Waals surface area contributed by atoms with Gasteiger partial charge in [-0.3, -0.25) is 0 Å². The van der Waals surface area contributed by atoms with Gasteiger partial charge in [-0.25, -0.2) is 0 Å². The molecule has 0 unspecified atom stereocenters. The molecule has 1 aromatic heterocycles. The summed E-state index contributed by atoms with van der Waals surface area (Å²) < 4.78 is 0. The Morgan fingerprint density at radius 3 is 2.57 bits per heavy atom. The van der Waals surface area contributed by atoms with Crippen molar-refractivity contribution in [1.29, 1.82) is 0 Å². The lowest BCUT2D eigenvalue weighted by Gasteiger charge is -2.08. The number of nitrogens with zero attached hydrogens (tertiary/aromatic N) is 4. The summed E-state index contributed by atoms with van der Waals surface area (Å²) in [4.78, 5) is 1.62. The second-order valence-electron chi connectivity index (χ2n) is 4.82. The Kier molecular flexibility index (Phi) is 3.91. The van der Waals surface area contributed by atoms with Crippen molar-refractivity contribution in [3.05, 3.63) is 60.2 Å². The molecule has 5 nitrogen and oxygen atoms in total. The molecule has 0 aliphatic rings.